The molecule has 1 atom stereocenters. The highest BCUT2D eigenvalue weighted by molar-refractivity contribution is 7.80. The first-order chi connectivity index (χ1) is 11.5. The van der Waals surface area contributed by atoms with Crippen LogP contribution in [0.4, 0.5) is 16.2 Å². The number of hydrogen-bond donors (Lipinski definition) is 3. The Morgan fingerprint density at radius 3 is 2.56 bits per heavy atom. The van der Waals surface area contributed by atoms with E-state index in [0.717, 1.165) is 15.8 Å². The van der Waals surface area contributed by atoms with Gasteiger partial charge in [0.15, 0.2) is 0 Å². The van der Waals surface area contributed by atoms with Crippen LogP contribution in [0.1, 0.15) is 20.8 Å². The third-order valence-corrected chi connectivity index (χ3v) is 4.00. The quantitative estimate of drug-likeness (QED) is 0.572. The fourth-order valence-electron chi connectivity index (χ4n) is 2.51. The molecule has 1 aromatic heterocycles. The number of carbonyl (C=O) groups is 2. The number of aromatic nitrogens is 1. The minimum absolute atomic E-state index is 0.0841. The molecular formula is C17H23N3O4S. The van der Waals surface area contributed by atoms with Crippen LogP contribution in [0.5, 0.6) is 0 Å². The molecule has 1 amide bonds. The van der Waals surface area contributed by atoms with Gasteiger partial charge in [-0.1, -0.05) is 0 Å². The van der Waals surface area contributed by atoms with E-state index in [-0.39, 0.29) is 17.1 Å². The summed E-state index contributed by atoms with van der Waals surface area (Å²) < 4.78 is 7.26. The molecule has 136 valence electrons. The minimum Gasteiger partial charge on any atom is -0.480 e. The molecule has 0 bridgehead atoms. The van der Waals surface area contributed by atoms with Crippen molar-refractivity contribution in [3.8, 4) is 0 Å². The Hall–Kier alpha value is -2.35. The number of benzene rings is 1. The second kappa shape index (κ2) is 6.87. The molecule has 8 heteroatoms. The van der Waals surface area contributed by atoms with Gasteiger partial charge in [0.05, 0.1) is 11.4 Å². The Morgan fingerprint density at radius 2 is 2.04 bits per heavy atom. The number of carboxylic acids is 1. The molecule has 25 heavy (non-hydrogen) atoms. The van der Waals surface area contributed by atoms with Crippen LogP contribution in [0.25, 0.3) is 10.9 Å². The zero-order valence-corrected chi connectivity index (χ0v) is 15.6. The lowest BCUT2D eigenvalue weighted by atomic mass is 10.1. The number of hydrogen-bond acceptors (Lipinski definition) is 5. The molecule has 0 radical (unpaired) electrons. The highest BCUT2D eigenvalue weighted by atomic mass is 32.1. The Morgan fingerprint density at radius 1 is 1.40 bits per heavy atom. The molecule has 0 spiro atoms. The van der Waals surface area contributed by atoms with Crippen molar-refractivity contribution in [2.45, 2.75) is 32.4 Å². The van der Waals surface area contributed by atoms with E-state index in [1.165, 1.54) is 0 Å². The first kappa shape index (κ1) is 19.0. The van der Waals surface area contributed by atoms with E-state index in [9.17, 15) is 14.7 Å². The number of carbonyl (C=O) groups excluding carboxylic acids is 1. The van der Waals surface area contributed by atoms with Crippen LogP contribution >= 0.6 is 12.6 Å². The number of aryl methyl sites for hydroxylation is 1. The van der Waals surface area contributed by atoms with Crippen molar-refractivity contribution in [3.63, 3.8) is 0 Å². The Bertz CT molecular complexity index is 810. The van der Waals surface area contributed by atoms with Crippen molar-refractivity contribution in [2.24, 2.45) is 7.05 Å². The summed E-state index contributed by atoms with van der Waals surface area (Å²) in [5, 5.41) is 10.4. The predicted octanol–water partition coefficient (Wildman–Crippen LogP) is 2.89. The first-order valence-corrected chi connectivity index (χ1v) is 8.39. The topological polar surface area (TPSA) is 97.8 Å². The van der Waals surface area contributed by atoms with Crippen LogP contribution in [-0.4, -0.2) is 39.1 Å². The van der Waals surface area contributed by atoms with Crippen molar-refractivity contribution < 1.29 is 19.4 Å². The number of anilines is 2. The van der Waals surface area contributed by atoms with E-state index in [2.05, 4.69) is 12.6 Å². The molecule has 0 aliphatic heterocycles. The summed E-state index contributed by atoms with van der Waals surface area (Å²) in [5.74, 6) is -1.27. The molecule has 2 rings (SSSR count). The molecule has 7 nitrogen and oxygen atoms in total. The maximum atomic E-state index is 12.7. The number of nitrogen functional groups attached to an aromatic ring is 1. The maximum absolute atomic E-state index is 12.7. The third-order valence-electron chi connectivity index (χ3n) is 3.65. The number of aliphatic carboxylic acids is 1. The number of nitrogens with zero attached hydrogens (tertiary/aromatic N) is 2. The fourth-order valence-corrected chi connectivity index (χ4v) is 2.83. The summed E-state index contributed by atoms with van der Waals surface area (Å²) in [5.41, 5.74) is 6.73. The number of thiol groups is 1. The lowest BCUT2D eigenvalue weighted by Crippen LogP contribution is -2.49. The van der Waals surface area contributed by atoms with Gasteiger partial charge in [0.2, 0.25) is 0 Å². The van der Waals surface area contributed by atoms with Crippen molar-refractivity contribution in [2.75, 3.05) is 16.4 Å². The van der Waals surface area contributed by atoms with Crippen LogP contribution in [0.2, 0.25) is 0 Å². The molecule has 0 saturated carbocycles. The summed E-state index contributed by atoms with van der Waals surface area (Å²) in [7, 11) is 1.85. The summed E-state index contributed by atoms with van der Waals surface area (Å²) in [6, 6.07) is 4.08. The number of rotatable bonds is 4. The van der Waals surface area contributed by atoms with Crippen molar-refractivity contribution >= 4 is 47.0 Å². The Kier molecular flexibility index (Phi) is 5.22. The molecule has 1 heterocycles. The monoisotopic (exact) mass is 365 g/mol. The van der Waals surface area contributed by atoms with Gasteiger partial charge < -0.3 is 20.1 Å². The van der Waals surface area contributed by atoms with Gasteiger partial charge in [-0.25, -0.2) is 9.59 Å². The standard InChI is InChI=1S/C17H23N3O4S/c1-17(2,3)24-16(23)20(14(9-25)15(21)22)13-8-12-10(7-11(13)18)5-6-19(12)4/h5-8,14,25H,9,18H2,1-4H3,(H,21,22)/t14-/m1/s1. The minimum atomic E-state index is -1.21. The van der Waals surface area contributed by atoms with E-state index in [4.69, 9.17) is 10.5 Å². The number of ether oxygens (including phenoxy) is 1. The molecular weight excluding hydrogens is 342 g/mol. The van der Waals surface area contributed by atoms with Crippen molar-refractivity contribution in [3.05, 3.63) is 24.4 Å². The average Bonchev–Trinajstić information content (AvgIpc) is 2.82. The van der Waals surface area contributed by atoms with Crippen LogP contribution in [0, 0.1) is 0 Å². The SMILES string of the molecule is Cn1ccc2cc(N)c(N(C(=O)OC(C)(C)C)[C@H](CS)C(=O)O)cc21. The molecule has 0 unspecified atom stereocenters. The zero-order chi connectivity index (χ0) is 18.9. The molecule has 3 N–H and O–H groups in total. The molecule has 0 aliphatic rings. The van der Waals surface area contributed by atoms with Crippen LogP contribution in [-0.2, 0) is 16.6 Å². The molecule has 1 aromatic carbocycles. The van der Waals surface area contributed by atoms with Gasteiger partial charge in [0.25, 0.3) is 0 Å². The van der Waals surface area contributed by atoms with Crippen molar-refractivity contribution in [1.29, 1.82) is 0 Å². The second-order valence-corrected chi connectivity index (χ2v) is 7.15. The number of nitrogens with two attached hydrogens (primary N) is 1. The normalized spacial score (nSPS) is 12.8. The van der Waals surface area contributed by atoms with E-state index in [0.29, 0.717) is 0 Å². The fraction of sp³-hybridized carbons (Fsp3) is 0.412. The highest BCUT2D eigenvalue weighted by Gasteiger charge is 2.34. The highest BCUT2D eigenvalue weighted by Crippen LogP contribution is 2.32. The summed E-state index contributed by atoms with van der Waals surface area (Å²) in [6.07, 6.45) is 1.08. The Labute approximate surface area is 151 Å². The van der Waals surface area contributed by atoms with Gasteiger partial charge in [-0.3, -0.25) is 4.90 Å². The van der Waals surface area contributed by atoms with E-state index in [1.54, 1.807) is 32.9 Å². The second-order valence-electron chi connectivity index (χ2n) is 6.78. The molecule has 0 saturated heterocycles. The number of amides is 1. The van der Waals surface area contributed by atoms with Crippen LogP contribution < -0.4 is 10.6 Å². The van der Waals surface area contributed by atoms with E-state index in [1.807, 2.05) is 23.9 Å². The van der Waals surface area contributed by atoms with Gasteiger partial charge in [-0.2, -0.15) is 12.6 Å². The molecule has 2 aromatic rings. The summed E-state index contributed by atoms with van der Waals surface area (Å²) >= 11 is 4.09. The van der Waals surface area contributed by atoms with E-state index < -0.39 is 23.7 Å². The smallest absolute Gasteiger partial charge is 0.415 e. The van der Waals surface area contributed by atoms with E-state index >= 15 is 0 Å². The van der Waals surface area contributed by atoms with Crippen LogP contribution in [0.3, 0.4) is 0 Å². The molecule has 0 aliphatic carbocycles. The zero-order valence-electron chi connectivity index (χ0n) is 14.7. The van der Waals surface area contributed by atoms with Crippen molar-refractivity contribution in [1.82, 2.24) is 4.57 Å². The summed E-state index contributed by atoms with van der Waals surface area (Å²) in [4.78, 5) is 25.4. The maximum Gasteiger partial charge on any atom is 0.415 e. The van der Waals surface area contributed by atoms with Gasteiger partial charge in [-0.05, 0) is 39.0 Å². The predicted molar refractivity (Wildman–Crippen MR) is 101 cm³/mol. The van der Waals surface area contributed by atoms with Gasteiger partial charge >= 0.3 is 12.1 Å². The molecule has 0 fully saturated rings. The van der Waals surface area contributed by atoms with Gasteiger partial charge in [0.1, 0.15) is 11.6 Å². The Balaban J connectivity index is 2.62. The lowest BCUT2D eigenvalue weighted by Gasteiger charge is -2.31. The third kappa shape index (κ3) is 4.01. The number of carboxylic acid groups (broad SMARTS) is 1. The average molecular weight is 365 g/mol. The van der Waals surface area contributed by atoms with Crippen LogP contribution in [0.15, 0.2) is 24.4 Å². The number of fused-ring (bicyclic) bond motifs is 1. The lowest BCUT2D eigenvalue weighted by molar-refractivity contribution is -0.138. The van der Waals surface area contributed by atoms with Gasteiger partial charge in [-0.15, -0.1) is 0 Å². The summed E-state index contributed by atoms with van der Waals surface area (Å²) in [6.45, 7) is 5.13. The first-order valence-electron chi connectivity index (χ1n) is 7.75. The largest absolute Gasteiger partial charge is 0.480 e. The van der Waals surface area contributed by atoms with Gasteiger partial charge in [0, 0.05) is 29.9 Å².